The smallest absolute Gasteiger partial charge is 0.221 e. The maximum absolute atomic E-state index is 11.1. The van der Waals surface area contributed by atoms with E-state index in [0.29, 0.717) is 17.9 Å². The van der Waals surface area contributed by atoms with Gasteiger partial charge in [-0.3, -0.25) is 4.79 Å². The second-order valence-electron chi connectivity index (χ2n) is 3.77. The number of carbonyl (C=O) groups is 1. The molecule has 17 heavy (non-hydrogen) atoms. The molecule has 0 spiro atoms. The van der Waals surface area contributed by atoms with Gasteiger partial charge in [-0.05, 0) is 13.3 Å². The number of phenols is 2. The van der Waals surface area contributed by atoms with Gasteiger partial charge in [0.2, 0.25) is 5.91 Å². The summed E-state index contributed by atoms with van der Waals surface area (Å²) in [5.74, 6) is -0.378. The van der Waals surface area contributed by atoms with Crippen LogP contribution in [0.25, 0.3) is 0 Å². The van der Waals surface area contributed by atoms with E-state index in [0.717, 1.165) is 6.42 Å². The predicted molar refractivity (Wildman–Crippen MR) is 64.6 cm³/mol. The van der Waals surface area contributed by atoms with Crippen LogP contribution in [0.4, 0.5) is 5.69 Å². The number of hydrogen-bond acceptors (Lipinski definition) is 4. The van der Waals surface area contributed by atoms with E-state index < -0.39 is 0 Å². The molecular weight excluding hydrogens is 222 g/mol. The molecule has 0 aliphatic heterocycles. The SMILES string of the molecule is CCCOc1c(O)cc(O)c(C)c1NC(C)=O. The largest absolute Gasteiger partial charge is 0.507 e. The number of aromatic hydroxyl groups is 2. The Hall–Kier alpha value is -1.91. The maximum Gasteiger partial charge on any atom is 0.221 e. The van der Waals surface area contributed by atoms with Crippen LogP contribution in [0.3, 0.4) is 0 Å². The van der Waals surface area contributed by atoms with E-state index in [4.69, 9.17) is 4.74 Å². The number of rotatable bonds is 4. The van der Waals surface area contributed by atoms with Gasteiger partial charge < -0.3 is 20.3 Å². The fraction of sp³-hybridized carbons (Fsp3) is 0.417. The van der Waals surface area contributed by atoms with Gasteiger partial charge in [0, 0.05) is 18.6 Å². The van der Waals surface area contributed by atoms with E-state index in [2.05, 4.69) is 5.32 Å². The lowest BCUT2D eigenvalue weighted by Gasteiger charge is -2.16. The minimum atomic E-state index is -0.292. The topological polar surface area (TPSA) is 78.8 Å². The van der Waals surface area contributed by atoms with E-state index in [1.54, 1.807) is 6.92 Å². The van der Waals surface area contributed by atoms with Gasteiger partial charge in [-0.15, -0.1) is 0 Å². The number of phenolic OH excluding ortho intramolecular Hbond substituents is 2. The van der Waals surface area contributed by atoms with Crippen molar-refractivity contribution in [2.75, 3.05) is 11.9 Å². The summed E-state index contributed by atoms with van der Waals surface area (Å²) in [6, 6.07) is 1.20. The van der Waals surface area contributed by atoms with Crippen LogP contribution < -0.4 is 10.1 Å². The van der Waals surface area contributed by atoms with Crippen LogP contribution in [0, 0.1) is 6.92 Å². The Bertz CT molecular complexity index is 429. The fourth-order valence-electron chi connectivity index (χ4n) is 1.41. The third kappa shape index (κ3) is 3.03. The molecule has 0 saturated heterocycles. The van der Waals surface area contributed by atoms with Crippen molar-refractivity contribution >= 4 is 11.6 Å². The van der Waals surface area contributed by atoms with Crippen LogP contribution in [0.5, 0.6) is 17.2 Å². The quantitative estimate of drug-likeness (QED) is 0.752. The minimum Gasteiger partial charge on any atom is -0.507 e. The molecule has 1 aromatic carbocycles. The summed E-state index contributed by atoms with van der Waals surface area (Å²) in [4.78, 5) is 11.1. The molecule has 0 aliphatic rings. The zero-order chi connectivity index (χ0) is 13.0. The Morgan fingerprint density at radius 3 is 2.59 bits per heavy atom. The van der Waals surface area contributed by atoms with Crippen molar-refractivity contribution in [3.05, 3.63) is 11.6 Å². The van der Waals surface area contributed by atoms with Gasteiger partial charge in [0.25, 0.3) is 0 Å². The molecule has 1 aromatic rings. The van der Waals surface area contributed by atoms with Gasteiger partial charge >= 0.3 is 0 Å². The average molecular weight is 239 g/mol. The van der Waals surface area contributed by atoms with E-state index in [1.165, 1.54) is 13.0 Å². The summed E-state index contributed by atoms with van der Waals surface area (Å²) in [5.41, 5.74) is 0.771. The third-order valence-electron chi connectivity index (χ3n) is 2.24. The number of ether oxygens (including phenoxy) is 1. The molecule has 94 valence electrons. The molecule has 5 nitrogen and oxygen atoms in total. The van der Waals surface area contributed by atoms with Gasteiger partial charge in [0.1, 0.15) is 5.75 Å². The predicted octanol–water partition coefficient (Wildman–Crippen LogP) is 2.15. The lowest BCUT2D eigenvalue weighted by molar-refractivity contribution is -0.114. The zero-order valence-electron chi connectivity index (χ0n) is 10.2. The number of hydrogen-bond donors (Lipinski definition) is 3. The van der Waals surface area contributed by atoms with Gasteiger partial charge in [-0.25, -0.2) is 0 Å². The standard InChI is InChI=1S/C12H17NO4/c1-4-5-17-12-10(16)6-9(15)7(2)11(12)13-8(3)14/h6,15-16H,4-5H2,1-3H3,(H,13,14). The van der Waals surface area contributed by atoms with Gasteiger partial charge in [0.15, 0.2) is 11.5 Å². The Morgan fingerprint density at radius 1 is 1.41 bits per heavy atom. The maximum atomic E-state index is 11.1. The number of carbonyl (C=O) groups excluding carboxylic acids is 1. The summed E-state index contributed by atoms with van der Waals surface area (Å²) in [6.07, 6.45) is 0.777. The Kier molecular flexibility index (Phi) is 4.20. The van der Waals surface area contributed by atoms with E-state index in [1.807, 2.05) is 6.92 Å². The van der Waals surface area contributed by atoms with Gasteiger partial charge in [0.05, 0.1) is 12.3 Å². The molecule has 0 aromatic heterocycles. The van der Waals surface area contributed by atoms with Crippen LogP contribution in [0.15, 0.2) is 6.07 Å². The highest BCUT2D eigenvalue weighted by atomic mass is 16.5. The van der Waals surface area contributed by atoms with Crippen molar-refractivity contribution in [1.29, 1.82) is 0 Å². The molecule has 3 N–H and O–H groups in total. The summed E-state index contributed by atoms with van der Waals surface area (Å²) < 4.78 is 5.38. The lowest BCUT2D eigenvalue weighted by Crippen LogP contribution is -2.10. The third-order valence-corrected chi connectivity index (χ3v) is 2.24. The van der Waals surface area contributed by atoms with Crippen molar-refractivity contribution in [2.45, 2.75) is 27.2 Å². The first kappa shape index (κ1) is 13.2. The summed E-state index contributed by atoms with van der Waals surface area (Å²) in [5, 5.41) is 21.8. The first-order valence-electron chi connectivity index (χ1n) is 5.43. The Balaban J connectivity index is 3.23. The van der Waals surface area contributed by atoms with Crippen molar-refractivity contribution in [3.8, 4) is 17.2 Å². The van der Waals surface area contributed by atoms with Gasteiger partial charge in [-0.2, -0.15) is 0 Å². The monoisotopic (exact) mass is 239 g/mol. The van der Waals surface area contributed by atoms with Crippen molar-refractivity contribution in [2.24, 2.45) is 0 Å². The van der Waals surface area contributed by atoms with E-state index >= 15 is 0 Å². The first-order chi connectivity index (χ1) is 7.97. The molecular formula is C12H17NO4. The second kappa shape index (κ2) is 5.43. The molecule has 0 saturated carbocycles. The molecule has 0 radical (unpaired) electrons. The molecule has 0 bridgehead atoms. The molecule has 0 atom stereocenters. The number of anilines is 1. The van der Waals surface area contributed by atoms with Crippen LogP contribution in [0.2, 0.25) is 0 Å². The zero-order valence-corrected chi connectivity index (χ0v) is 10.2. The van der Waals surface area contributed by atoms with Crippen LogP contribution >= 0.6 is 0 Å². The van der Waals surface area contributed by atoms with Crippen LogP contribution in [-0.2, 0) is 4.79 Å². The van der Waals surface area contributed by atoms with Crippen LogP contribution in [-0.4, -0.2) is 22.7 Å². The Morgan fingerprint density at radius 2 is 2.06 bits per heavy atom. The number of nitrogens with one attached hydrogen (secondary N) is 1. The normalized spacial score (nSPS) is 10.1. The van der Waals surface area contributed by atoms with E-state index in [9.17, 15) is 15.0 Å². The van der Waals surface area contributed by atoms with Gasteiger partial charge in [-0.1, -0.05) is 6.92 Å². The highest BCUT2D eigenvalue weighted by molar-refractivity contribution is 5.92. The van der Waals surface area contributed by atoms with Crippen molar-refractivity contribution in [1.82, 2.24) is 0 Å². The lowest BCUT2D eigenvalue weighted by atomic mass is 10.1. The second-order valence-corrected chi connectivity index (χ2v) is 3.77. The molecule has 0 heterocycles. The Labute approximate surface area is 100 Å². The number of amides is 1. The van der Waals surface area contributed by atoms with E-state index in [-0.39, 0.29) is 23.2 Å². The molecule has 5 heteroatoms. The fourth-order valence-corrected chi connectivity index (χ4v) is 1.41. The summed E-state index contributed by atoms with van der Waals surface area (Å²) in [7, 11) is 0. The molecule has 0 aliphatic carbocycles. The summed E-state index contributed by atoms with van der Waals surface area (Å²) >= 11 is 0. The molecule has 1 amide bonds. The highest BCUT2D eigenvalue weighted by Crippen LogP contribution is 2.42. The molecule has 1 rings (SSSR count). The molecule has 0 unspecified atom stereocenters. The molecule has 0 fully saturated rings. The van der Waals surface area contributed by atoms with Crippen molar-refractivity contribution in [3.63, 3.8) is 0 Å². The number of benzene rings is 1. The average Bonchev–Trinajstić information content (AvgIpc) is 2.24. The van der Waals surface area contributed by atoms with Crippen LogP contribution in [0.1, 0.15) is 25.8 Å². The first-order valence-corrected chi connectivity index (χ1v) is 5.43. The van der Waals surface area contributed by atoms with Crippen molar-refractivity contribution < 1.29 is 19.7 Å². The highest BCUT2D eigenvalue weighted by Gasteiger charge is 2.17. The summed E-state index contributed by atoms with van der Waals surface area (Å²) in [6.45, 7) is 5.34. The minimum absolute atomic E-state index is 0.0879.